The van der Waals surface area contributed by atoms with Gasteiger partial charge in [0.05, 0.1) is 6.61 Å². The molecule has 4 atom stereocenters. The first kappa shape index (κ1) is 26.1. The van der Waals surface area contributed by atoms with Gasteiger partial charge in [0.1, 0.15) is 22.9 Å². The Labute approximate surface area is 202 Å². The maximum Gasteiger partial charge on any atom is 0.247 e. The van der Waals surface area contributed by atoms with E-state index in [2.05, 4.69) is 21.7 Å². The monoisotopic (exact) mass is 487 g/mol. The van der Waals surface area contributed by atoms with Gasteiger partial charge in [-0.1, -0.05) is 24.8 Å². The summed E-state index contributed by atoms with van der Waals surface area (Å²) < 4.78 is 34.7. The number of aliphatic hydroxyl groups is 2. The average molecular weight is 488 g/mol. The van der Waals surface area contributed by atoms with Crippen LogP contribution in [0.1, 0.15) is 31.9 Å². The second-order valence-electron chi connectivity index (χ2n) is 8.90. The van der Waals surface area contributed by atoms with Crippen LogP contribution in [0.25, 0.3) is 0 Å². The van der Waals surface area contributed by atoms with E-state index in [4.69, 9.17) is 4.74 Å². The first-order valence-electron chi connectivity index (χ1n) is 11.3. The topological polar surface area (TPSA) is 103 Å². The number of hydrogen-bond donors (Lipinski definition) is 2. The molecule has 0 saturated carbocycles. The first-order valence-corrected chi connectivity index (χ1v) is 12.8. The number of sulfonamides is 1. The summed E-state index contributed by atoms with van der Waals surface area (Å²) in [6.45, 7) is 6.37. The van der Waals surface area contributed by atoms with Crippen molar-refractivity contribution in [1.29, 1.82) is 0 Å². The van der Waals surface area contributed by atoms with Crippen LogP contribution in [0.3, 0.4) is 0 Å². The van der Waals surface area contributed by atoms with Crippen LogP contribution in [-0.4, -0.2) is 77.8 Å². The van der Waals surface area contributed by atoms with E-state index in [1.807, 2.05) is 32.3 Å². The van der Waals surface area contributed by atoms with Crippen molar-refractivity contribution in [2.45, 2.75) is 50.5 Å². The lowest BCUT2D eigenvalue weighted by Gasteiger charge is -2.37. The van der Waals surface area contributed by atoms with E-state index in [-0.39, 0.29) is 35.8 Å². The van der Waals surface area contributed by atoms with Crippen molar-refractivity contribution in [1.82, 2.24) is 14.2 Å². The van der Waals surface area contributed by atoms with Crippen LogP contribution in [0.5, 0.6) is 5.75 Å². The molecule has 1 aromatic heterocycles. The number of likely N-dealkylation sites (N-methyl/N-ethyl adjacent to an activating group) is 1. The predicted octanol–water partition coefficient (Wildman–Crippen LogP) is 1.71. The quantitative estimate of drug-likeness (QED) is 0.598. The lowest BCUT2D eigenvalue weighted by Crippen LogP contribution is -2.49. The van der Waals surface area contributed by atoms with Gasteiger partial charge >= 0.3 is 0 Å². The molecule has 8 nitrogen and oxygen atoms in total. The zero-order valence-corrected chi connectivity index (χ0v) is 20.9. The molecule has 34 heavy (non-hydrogen) atoms. The van der Waals surface area contributed by atoms with Gasteiger partial charge in [0, 0.05) is 49.6 Å². The molecule has 3 rings (SSSR count). The Morgan fingerprint density at radius 1 is 1.32 bits per heavy atom. The number of hydrogen-bond acceptors (Lipinski definition) is 7. The summed E-state index contributed by atoms with van der Waals surface area (Å²) in [6.07, 6.45) is 2.43. The van der Waals surface area contributed by atoms with Gasteiger partial charge in [-0.3, -0.25) is 9.88 Å². The Balaban J connectivity index is 1.99. The molecule has 184 valence electrons. The van der Waals surface area contributed by atoms with Gasteiger partial charge in [-0.2, -0.15) is 4.31 Å². The van der Waals surface area contributed by atoms with Crippen LogP contribution < -0.4 is 4.74 Å². The molecule has 0 unspecified atom stereocenters. The standard InChI is InChI=1S/C25H33N3O5S/c1-18-14-28(19(2)17-29)34(31,32)25-10-9-21(8-7-20(3)30)12-23(25)33-24(18)16-27(4)15-22-6-5-11-26-13-22/h5-6,9-13,18-20,24,29-30H,14-17H2,1-4H3/t18-,19-,20-,24+/m0/s1. The summed E-state index contributed by atoms with van der Waals surface area (Å²) >= 11 is 0. The molecule has 0 amide bonds. The Hall–Kier alpha value is -2.48. The molecule has 2 heterocycles. The lowest BCUT2D eigenvalue weighted by atomic mass is 10.0. The van der Waals surface area contributed by atoms with Gasteiger partial charge in [-0.25, -0.2) is 8.42 Å². The third-order valence-electron chi connectivity index (χ3n) is 5.76. The number of nitrogens with zero attached hydrogens (tertiary/aromatic N) is 3. The molecule has 9 heteroatoms. The molecular weight excluding hydrogens is 454 g/mol. The summed E-state index contributed by atoms with van der Waals surface area (Å²) in [5.41, 5.74) is 1.62. The molecule has 0 aliphatic carbocycles. The third kappa shape index (κ3) is 6.34. The lowest BCUT2D eigenvalue weighted by molar-refractivity contribution is 0.0733. The molecule has 0 radical (unpaired) electrons. The minimum atomic E-state index is -3.91. The van der Waals surface area contributed by atoms with Crippen molar-refractivity contribution in [3.8, 4) is 17.6 Å². The molecule has 1 aromatic carbocycles. The highest BCUT2D eigenvalue weighted by Crippen LogP contribution is 2.34. The van der Waals surface area contributed by atoms with Gasteiger partial charge < -0.3 is 14.9 Å². The maximum atomic E-state index is 13.5. The van der Waals surface area contributed by atoms with Crippen molar-refractivity contribution in [2.75, 3.05) is 26.7 Å². The number of pyridine rings is 1. The number of rotatable bonds is 6. The number of fused-ring (bicyclic) bond motifs is 1. The first-order chi connectivity index (χ1) is 16.1. The average Bonchev–Trinajstić information content (AvgIpc) is 2.80. The van der Waals surface area contributed by atoms with E-state index in [1.165, 1.54) is 10.4 Å². The Morgan fingerprint density at radius 2 is 2.09 bits per heavy atom. The van der Waals surface area contributed by atoms with Crippen molar-refractivity contribution in [2.24, 2.45) is 5.92 Å². The van der Waals surface area contributed by atoms with E-state index >= 15 is 0 Å². The Bertz CT molecular complexity index is 1130. The van der Waals surface area contributed by atoms with Crippen molar-refractivity contribution >= 4 is 10.0 Å². The van der Waals surface area contributed by atoms with Crippen molar-refractivity contribution < 1.29 is 23.4 Å². The summed E-state index contributed by atoms with van der Waals surface area (Å²) in [5.74, 6) is 5.60. The van der Waals surface area contributed by atoms with Crippen molar-refractivity contribution in [3.63, 3.8) is 0 Å². The fourth-order valence-electron chi connectivity index (χ4n) is 3.88. The van der Waals surface area contributed by atoms with Crippen LogP contribution in [-0.2, 0) is 16.6 Å². The molecular formula is C25H33N3O5S. The number of aromatic nitrogens is 1. The minimum absolute atomic E-state index is 0.0437. The van der Waals surface area contributed by atoms with Crippen LogP contribution in [0.4, 0.5) is 0 Å². The SMILES string of the molecule is C[C@H](O)C#Cc1ccc2c(c1)O[C@H](CN(C)Cc1cccnc1)[C@@H](C)CN([C@@H](C)CO)S2(=O)=O. The number of benzene rings is 1. The van der Waals surface area contributed by atoms with Crippen LogP contribution in [0.2, 0.25) is 0 Å². The van der Waals surface area contributed by atoms with Crippen LogP contribution in [0, 0.1) is 17.8 Å². The van der Waals surface area contributed by atoms with Crippen molar-refractivity contribution in [3.05, 3.63) is 53.9 Å². The molecule has 0 saturated heterocycles. The van der Waals surface area contributed by atoms with Gasteiger partial charge in [-0.05, 0) is 50.7 Å². The van der Waals surface area contributed by atoms with E-state index in [9.17, 15) is 18.6 Å². The zero-order valence-electron chi connectivity index (χ0n) is 20.0. The van der Waals surface area contributed by atoms with E-state index in [0.717, 1.165) is 5.56 Å². The van der Waals surface area contributed by atoms with Gasteiger partial charge in [0.15, 0.2) is 0 Å². The minimum Gasteiger partial charge on any atom is -0.487 e. The molecule has 0 bridgehead atoms. The molecule has 0 fully saturated rings. The van der Waals surface area contributed by atoms with Crippen LogP contribution in [0.15, 0.2) is 47.6 Å². The second kappa shape index (κ2) is 11.3. The summed E-state index contributed by atoms with van der Waals surface area (Å²) in [4.78, 5) is 6.32. The van der Waals surface area contributed by atoms with Gasteiger partial charge in [-0.15, -0.1) is 0 Å². The van der Waals surface area contributed by atoms with Crippen LogP contribution >= 0.6 is 0 Å². The number of aliphatic hydroxyl groups excluding tert-OH is 2. The van der Waals surface area contributed by atoms with E-state index in [0.29, 0.717) is 18.7 Å². The molecule has 2 aromatic rings. The van der Waals surface area contributed by atoms with E-state index in [1.54, 1.807) is 32.2 Å². The Morgan fingerprint density at radius 3 is 2.74 bits per heavy atom. The molecule has 2 N–H and O–H groups in total. The summed E-state index contributed by atoms with van der Waals surface area (Å²) in [5, 5.41) is 19.3. The van der Waals surface area contributed by atoms with E-state index < -0.39 is 22.2 Å². The normalized spacial score (nSPS) is 21.9. The fraction of sp³-hybridized carbons (Fsp3) is 0.480. The smallest absolute Gasteiger partial charge is 0.247 e. The predicted molar refractivity (Wildman–Crippen MR) is 130 cm³/mol. The fourth-order valence-corrected chi connectivity index (χ4v) is 5.71. The molecule has 1 aliphatic heterocycles. The molecule has 1 aliphatic rings. The Kier molecular flexibility index (Phi) is 8.68. The highest BCUT2D eigenvalue weighted by Gasteiger charge is 2.38. The second-order valence-corrected chi connectivity index (χ2v) is 10.8. The highest BCUT2D eigenvalue weighted by atomic mass is 32.2. The van der Waals surface area contributed by atoms with Gasteiger partial charge in [0.25, 0.3) is 0 Å². The summed E-state index contributed by atoms with van der Waals surface area (Å²) in [6, 6.07) is 8.01. The third-order valence-corrected chi connectivity index (χ3v) is 7.78. The number of ether oxygens (including phenoxy) is 1. The molecule has 0 spiro atoms. The maximum absolute atomic E-state index is 13.5. The largest absolute Gasteiger partial charge is 0.487 e. The zero-order chi connectivity index (χ0) is 24.9. The summed E-state index contributed by atoms with van der Waals surface area (Å²) in [7, 11) is -1.92. The highest BCUT2D eigenvalue weighted by molar-refractivity contribution is 7.89. The van der Waals surface area contributed by atoms with Gasteiger partial charge in [0.2, 0.25) is 10.0 Å².